The first-order valence-corrected chi connectivity index (χ1v) is 8.31. The van der Waals surface area contributed by atoms with Gasteiger partial charge in [0, 0.05) is 22.2 Å². The lowest BCUT2D eigenvalue weighted by Crippen LogP contribution is -2.41. The van der Waals surface area contributed by atoms with E-state index in [0.717, 1.165) is 5.52 Å². The van der Waals surface area contributed by atoms with Gasteiger partial charge in [0.2, 0.25) is 0 Å². The molecule has 0 saturated carbocycles. The van der Waals surface area contributed by atoms with E-state index < -0.39 is 11.7 Å². The minimum atomic E-state index is -0.556. The molecular formula is C16H24N5O3P. The summed E-state index contributed by atoms with van der Waals surface area (Å²) in [6, 6.07) is 3.43. The highest BCUT2D eigenvalue weighted by Crippen LogP contribution is 2.26. The third-order valence-electron chi connectivity index (χ3n) is 3.19. The van der Waals surface area contributed by atoms with Crippen molar-refractivity contribution in [1.29, 1.82) is 0 Å². The van der Waals surface area contributed by atoms with E-state index in [9.17, 15) is 4.79 Å². The predicted octanol–water partition coefficient (Wildman–Crippen LogP) is 2.32. The van der Waals surface area contributed by atoms with E-state index in [1.54, 1.807) is 12.4 Å². The molecular weight excluding hydrogens is 341 g/mol. The van der Waals surface area contributed by atoms with Crippen molar-refractivity contribution < 1.29 is 14.1 Å². The molecule has 0 fully saturated rings. The molecule has 0 aliphatic carbocycles. The third kappa shape index (κ3) is 5.69. The van der Waals surface area contributed by atoms with E-state index in [0.29, 0.717) is 30.0 Å². The van der Waals surface area contributed by atoms with Gasteiger partial charge in [-0.25, -0.2) is 4.79 Å². The zero-order chi connectivity index (χ0) is 18.4. The number of pyridine rings is 2. The normalized spacial score (nSPS) is 12.6. The van der Waals surface area contributed by atoms with Gasteiger partial charge in [-0.3, -0.25) is 9.97 Å². The number of ether oxygens (including phenoxy) is 1. The zero-order valence-corrected chi connectivity index (χ0v) is 15.7. The first kappa shape index (κ1) is 19.1. The van der Waals surface area contributed by atoms with Gasteiger partial charge in [0.05, 0.1) is 35.7 Å². The van der Waals surface area contributed by atoms with E-state index in [4.69, 9.17) is 15.0 Å². The topological polar surface area (TPSA) is 111 Å². The maximum absolute atomic E-state index is 11.8. The van der Waals surface area contributed by atoms with Crippen molar-refractivity contribution in [3.8, 4) is 0 Å². The molecule has 1 unspecified atom stereocenters. The molecule has 25 heavy (non-hydrogen) atoms. The lowest BCUT2D eigenvalue weighted by atomic mass is 10.2. The number of nitrogens with one attached hydrogen (secondary N) is 2. The summed E-state index contributed by atoms with van der Waals surface area (Å²) >= 11 is 0. The molecule has 2 heterocycles. The number of nitrogen functional groups attached to an aromatic ring is 1. The molecule has 0 aromatic carbocycles. The SMILES string of the molecule is CC(C)(C)OC(=O)NC[C@H](COP)Nc1c(N)cnc2cccnc12. The van der Waals surface area contributed by atoms with Gasteiger partial charge >= 0.3 is 6.09 Å². The number of aromatic nitrogens is 2. The van der Waals surface area contributed by atoms with Gasteiger partial charge in [0.1, 0.15) is 11.1 Å². The van der Waals surface area contributed by atoms with Crippen LogP contribution in [0, 0.1) is 0 Å². The summed E-state index contributed by atoms with van der Waals surface area (Å²) in [5.41, 5.74) is 8.00. The minimum Gasteiger partial charge on any atom is -0.444 e. The minimum absolute atomic E-state index is 0.236. The van der Waals surface area contributed by atoms with Crippen LogP contribution in [0.5, 0.6) is 0 Å². The number of amides is 1. The number of carbonyl (C=O) groups is 1. The van der Waals surface area contributed by atoms with Crippen LogP contribution < -0.4 is 16.4 Å². The average molecular weight is 365 g/mol. The van der Waals surface area contributed by atoms with Crippen LogP contribution in [-0.2, 0) is 9.26 Å². The Labute approximate surface area is 149 Å². The van der Waals surface area contributed by atoms with Crippen LogP contribution in [0.3, 0.4) is 0 Å². The van der Waals surface area contributed by atoms with Crippen LogP contribution in [0.25, 0.3) is 11.0 Å². The van der Waals surface area contributed by atoms with Gasteiger partial charge in [-0.2, -0.15) is 0 Å². The Morgan fingerprint density at radius 1 is 1.40 bits per heavy atom. The van der Waals surface area contributed by atoms with E-state index >= 15 is 0 Å². The molecule has 0 radical (unpaired) electrons. The van der Waals surface area contributed by atoms with Crippen molar-refractivity contribution in [1.82, 2.24) is 15.3 Å². The maximum Gasteiger partial charge on any atom is 0.407 e. The molecule has 0 bridgehead atoms. The zero-order valence-electron chi connectivity index (χ0n) is 14.6. The molecule has 2 rings (SSSR count). The monoisotopic (exact) mass is 365 g/mol. The van der Waals surface area contributed by atoms with Crippen LogP contribution in [0.15, 0.2) is 24.5 Å². The second-order valence-electron chi connectivity index (χ2n) is 6.52. The molecule has 0 aliphatic heterocycles. The Morgan fingerprint density at radius 2 is 2.16 bits per heavy atom. The van der Waals surface area contributed by atoms with Gasteiger partial charge in [-0.15, -0.1) is 0 Å². The van der Waals surface area contributed by atoms with E-state index in [2.05, 4.69) is 30.1 Å². The number of anilines is 2. The average Bonchev–Trinajstić information content (AvgIpc) is 2.53. The number of nitrogens with two attached hydrogens (primary N) is 1. The Balaban J connectivity index is 2.11. The lowest BCUT2D eigenvalue weighted by molar-refractivity contribution is 0.0524. The van der Waals surface area contributed by atoms with Crippen molar-refractivity contribution in [2.75, 3.05) is 24.2 Å². The number of hydrogen-bond acceptors (Lipinski definition) is 7. The van der Waals surface area contributed by atoms with Crippen molar-refractivity contribution in [2.45, 2.75) is 32.4 Å². The summed E-state index contributed by atoms with van der Waals surface area (Å²) in [6.07, 6.45) is 2.76. The molecule has 0 saturated heterocycles. The quantitative estimate of drug-likeness (QED) is 0.674. The highest BCUT2D eigenvalue weighted by Gasteiger charge is 2.19. The third-order valence-corrected chi connectivity index (χ3v) is 3.38. The first-order chi connectivity index (χ1) is 11.8. The highest BCUT2D eigenvalue weighted by molar-refractivity contribution is 7.09. The fourth-order valence-electron chi connectivity index (χ4n) is 2.18. The van der Waals surface area contributed by atoms with E-state index in [1.165, 1.54) is 0 Å². The number of alkyl carbamates (subject to hydrolysis) is 1. The lowest BCUT2D eigenvalue weighted by Gasteiger charge is -2.23. The van der Waals surface area contributed by atoms with Crippen LogP contribution in [-0.4, -0.2) is 40.9 Å². The maximum atomic E-state index is 11.8. The van der Waals surface area contributed by atoms with Gasteiger partial charge in [0.15, 0.2) is 0 Å². The number of nitrogens with zero attached hydrogens (tertiary/aromatic N) is 2. The summed E-state index contributed by atoms with van der Waals surface area (Å²) in [5.74, 6) is 0. The summed E-state index contributed by atoms with van der Waals surface area (Å²) in [6.45, 7) is 6.05. The van der Waals surface area contributed by atoms with Crippen molar-refractivity contribution in [3.63, 3.8) is 0 Å². The van der Waals surface area contributed by atoms with Crippen LogP contribution in [0.1, 0.15) is 20.8 Å². The summed E-state index contributed by atoms with van der Waals surface area (Å²) in [5, 5.41) is 6.00. The fourth-order valence-corrected chi connectivity index (χ4v) is 2.41. The first-order valence-electron chi connectivity index (χ1n) is 7.84. The van der Waals surface area contributed by atoms with Crippen LogP contribution in [0.2, 0.25) is 0 Å². The standard InChI is InChI=1S/C16H24N5O3P/c1-16(2,3)24-15(22)20-7-10(9-23-25)21-13-11(17)8-19-12-5-4-6-18-14(12)13/h4-6,8,10H,7,9,17,25H2,1-3H3,(H,19,21)(H,20,22)/t10-/m1/s1. The van der Waals surface area contributed by atoms with Gasteiger partial charge < -0.3 is 25.6 Å². The number of rotatable bonds is 6. The summed E-state index contributed by atoms with van der Waals surface area (Å²) in [7, 11) is 2.19. The molecule has 8 nitrogen and oxygen atoms in total. The summed E-state index contributed by atoms with van der Waals surface area (Å²) < 4.78 is 10.4. The molecule has 2 atom stereocenters. The van der Waals surface area contributed by atoms with Crippen LogP contribution >= 0.6 is 9.47 Å². The molecule has 1 amide bonds. The Bertz CT molecular complexity index is 735. The predicted molar refractivity (Wildman–Crippen MR) is 101 cm³/mol. The van der Waals surface area contributed by atoms with Gasteiger partial charge in [-0.1, -0.05) is 0 Å². The molecule has 136 valence electrons. The number of fused-ring (bicyclic) bond motifs is 1. The smallest absolute Gasteiger partial charge is 0.407 e. The molecule has 4 N–H and O–H groups in total. The van der Waals surface area contributed by atoms with Crippen LogP contribution in [0.4, 0.5) is 16.2 Å². The summed E-state index contributed by atoms with van der Waals surface area (Å²) in [4.78, 5) is 20.4. The molecule has 0 aliphatic rings. The Kier molecular flexibility index (Phi) is 6.33. The molecule has 0 spiro atoms. The number of hydrogen-bond donors (Lipinski definition) is 3. The molecule has 2 aromatic rings. The number of carbonyl (C=O) groups excluding carboxylic acids is 1. The van der Waals surface area contributed by atoms with E-state index in [1.807, 2.05) is 32.9 Å². The Morgan fingerprint density at radius 3 is 2.84 bits per heavy atom. The molecule has 9 heteroatoms. The largest absolute Gasteiger partial charge is 0.444 e. The molecule has 2 aromatic heterocycles. The van der Waals surface area contributed by atoms with Crippen molar-refractivity contribution >= 4 is 38.0 Å². The Hall–Kier alpha value is -2.18. The van der Waals surface area contributed by atoms with Crippen molar-refractivity contribution in [2.24, 2.45) is 0 Å². The van der Waals surface area contributed by atoms with E-state index in [-0.39, 0.29) is 6.04 Å². The van der Waals surface area contributed by atoms with Gasteiger partial charge in [0.25, 0.3) is 0 Å². The second-order valence-corrected chi connectivity index (χ2v) is 6.85. The highest BCUT2D eigenvalue weighted by atomic mass is 31.0. The van der Waals surface area contributed by atoms with Crippen molar-refractivity contribution in [3.05, 3.63) is 24.5 Å². The van der Waals surface area contributed by atoms with Gasteiger partial charge in [-0.05, 0) is 32.9 Å². The second kappa shape index (κ2) is 8.27. The fraction of sp³-hybridized carbons (Fsp3) is 0.438.